The molecule has 1 heterocycles. The van der Waals surface area contributed by atoms with Crippen molar-refractivity contribution in [3.8, 4) is 6.07 Å². The first-order valence-corrected chi connectivity index (χ1v) is 4.73. The second-order valence-electron chi connectivity index (χ2n) is 1.70. The van der Waals surface area contributed by atoms with Gasteiger partial charge in [0.15, 0.2) is 4.21 Å². The molecule has 1 aromatic rings. The number of hydrogen-bond donors (Lipinski definition) is 0. The standard InChI is InChI=1S/C5H2FNO2S2/c6-11(8,9)5-1-4(2-7)3-10-5/h1,3H. The fraction of sp³-hybridized carbons (Fsp3) is 0. The van der Waals surface area contributed by atoms with E-state index >= 15 is 0 Å². The molecule has 1 aromatic heterocycles. The molecule has 0 bridgehead atoms. The quantitative estimate of drug-likeness (QED) is 0.628. The summed E-state index contributed by atoms with van der Waals surface area (Å²) in [7, 11) is -4.62. The highest BCUT2D eigenvalue weighted by Crippen LogP contribution is 2.21. The van der Waals surface area contributed by atoms with Crippen LogP contribution in [0.1, 0.15) is 5.56 Å². The van der Waals surface area contributed by atoms with Crippen molar-refractivity contribution in [3.05, 3.63) is 17.0 Å². The van der Waals surface area contributed by atoms with Crippen LogP contribution in [0.4, 0.5) is 3.89 Å². The van der Waals surface area contributed by atoms with Crippen molar-refractivity contribution in [2.45, 2.75) is 4.21 Å². The number of hydrogen-bond acceptors (Lipinski definition) is 4. The van der Waals surface area contributed by atoms with Gasteiger partial charge in [-0.05, 0) is 6.07 Å². The van der Waals surface area contributed by atoms with Crippen molar-refractivity contribution >= 4 is 21.6 Å². The predicted molar refractivity (Wildman–Crippen MR) is 37.3 cm³/mol. The van der Waals surface area contributed by atoms with E-state index in [-0.39, 0.29) is 5.56 Å². The molecule has 58 valence electrons. The van der Waals surface area contributed by atoms with Gasteiger partial charge in [0.05, 0.1) is 5.56 Å². The summed E-state index contributed by atoms with van der Waals surface area (Å²) in [5, 5.41) is 9.54. The number of nitriles is 1. The lowest BCUT2D eigenvalue weighted by atomic mass is 10.4. The minimum absolute atomic E-state index is 0.159. The number of thiophene rings is 1. The molecular weight excluding hydrogens is 189 g/mol. The molecule has 0 spiro atoms. The topological polar surface area (TPSA) is 57.9 Å². The predicted octanol–water partition coefficient (Wildman–Crippen LogP) is 1.28. The second-order valence-corrected chi connectivity index (χ2v) is 4.19. The van der Waals surface area contributed by atoms with Gasteiger partial charge >= 0.3 is 10.2 Å². The minimum atomic E-state index is -4.62. The Kier molecular flexibility index (Phi) is 1.93. The van der Waals surface area contributed by atoms with Crippen LogP contribution in [0.25, 0.3) is 0 Å². The van der Waals surface area contributed by atoms with Crippen LogP contribution in [-0.4, -0.2) is 8.42 Å². The van der Waals surface area contributed by atoms with E-state index in [1.807, 2.05) is 0 Å². The Bertz CT molecular complexity index is 400. The zero-order valence-electron chi connectivity index (χ0n) is 5.11. The average Bonchev–Trinajstić information content (AvgIpc) is 2.32. The molecule has 0 saturated carbocycles. The molecular formula is C5H2FNO2S2. The van der Waals surface area contributed by atoms with Crippen molar-refractivity contribution in [2.24, 2.45) is 0 Å². The summed E-state index contributed by atoms with van der Waals surface area (Å²) in [5.74, 6) is 0. The first kappa shape index (κ1) is 8.17. The largest absolute Gasteiger partial charge is 0.341 e. The summed E-state index contributed by atoms with van der Waals surface area (Å²) in [6.07, 6.45) is 0. The lowest BCUT2D eigenvalue weighted by Crippen LogP contribution is -1.85. The highest BCUT2D eigenvalue weighted by atomic mass is 32.3. The summed E-state index contributed by atoms with van der Waals surface area (Å²) in [6.45, 7) is 0. The molecule has 0 aliphatic carbocycles. The van der Waals surface area contributed by atoms with E-state index in [4.69, 9.17) is 5.26 Å². The molecule has 11 heavy (non-hydrogen) atoms. The van der Waals surface area contributed by atoms with Crippen molar-refractivity contribution in [3.63, 3.8) is 0 Å². The molecule has 0 fully saturated rings. The summed E-state index contributed by atoms with van der Waals surface area (Å²) in [4.78, 5) is 0. The van der Waals surface area contributed by atoms with Gasteiger partial charge in [0.2, 0.25) is 0 Å². The monoisotopic (exact) mass is 191 g/mol. The molecule has 0 radical (unpaired) electrons. The lowest BCUT2D eigenvalue weighted by Gasteiger charge is -1.81. The van der Waals surface area contributed by atoms with Crippen molar-refractivity contribution < 1.29 is 12.3 Å². The molecule has 0 atom stereocenters. The molecule has 0 unspecified atom stereocenters. The van der Waals surface area contributed by atoms with Gasteiger partial charge in [0.1, 0.15) is 6.07 Å². The van der Waals surface area contributed by atoms with Crippen LogP contribution in [0.2, 0.25) is 0 Å². The zero-order valence-corrected chi connectivity index (χ0v) is 6.75. The maximum Gasteiger partial charge on any atom is 0.341 e. The fourth-order valence-corrected chi connectivity index (χ4v) is 1.93. The molecule has 0 aliphatic rings. The zero-order chi connectivity index (χ0) is 8.48. The smallest absolute Gasteiger partial charge is 0.192 e. The third-order valence-corrected chi connectivity index (χ3v) is 3.15. The molecule has 0 aliphatic heterocycles. The van der Waals surface area contributed by atoms with Crippen LogP contribution < -0.4 is 0 Å². The second kappa shape index (κ2) is 2.60. The Morgan fingerprint density at radius 1 is 1.64 bits per heavy atom. The van der Waals surface area contributed by atoms with Gasteiger partial charge in [-0.1, -0.05) is 3.89 Å². The Hall–Kier alpha value is -0.930. The van der Waals surface area contributed by atoms with E-state index in [0.29, 0.717) is 11.3 Å². The van der Waals surface area contributed by atoms with E-state index in [9.17, 15) is 12.3 Å². The molecule has 0 amide bonds. The minimum Gasteiger partial charge on any atom is -0.192 e. The van der Waals surface area contributed by atoms with Crippen LogP contribution in [-0.2, 0) is 10.2 Å². The van der Waals surface area contributed by atoms with Gasteiger partial charge in [-0.2, -0.15) is 13.7 Å². The Morgan fingerprint density at radius 2 is 2.27 bits per heavy atom. The van der Waals surface area contributed by atoms with Gasteiger partial charge in [0.25, 0.3) is 0 Å². The summed E-state index contributed by atoms with van der Waals surface area (Å²) < 4.78 is 32.1. The Labute approximate surface area is 66.9 Å². The van der Waals surface area contributed by atoms with Crippen LogP contribution in [0, 0.1) is 11.3 Å². The van der Waals surface area contributed by atoms with E-state index in [1.54, 1.807) is 6.07 Å². The van der Waals surface area contributed by atoms with Crippen molar-refractivity contribution in [2.75, 3.05) is 0 Å². The van der Waals surface area contributed by atoms with Gasteiger partial charge in [-0.3, -0.25) is 0 Å². The van der Waals surface area contributed by atoms with Crippen LogP contribution in [0.3, 0.4) is 0 Å². The van der Waals surface area contributed by atoms with Gasteiger partial charge in [-0.25, -0.2) is 0 Å². The number of nitrogens with zero attached hydrogens (tertiary/aromatic N) is 1. The summed E-state index contributed by atoms with van der Waals surface area (Å²) >= 11 is 0.696. The van der Waals surface area contributed by atoms with Gasteiger partial charge in [-0.15, -0.1) is 11.3 Å². The third kappa shape index (κ3) is 1.76. The normalized spacial score (nSPS) is 10.9. The van der Waals surface area contributed by atoms with Crippen LogP contribution >= 0.6 is 11.3 Å². The SMILES string of the molecule is N#Cc1csc(S(=O)(=O)F)c1. The van der Waals surface area contributed by atoms with Gasteiger partial charge in [0, 0.05) is 5.38 Å². The maximum atomic E-state index is 12.1. The molecule has 3 nitrogen and oxygen atoms in total. The Balaban J connectivity index is 3.22. The maximum absolute atomic E-state index is 12.1. The van der Waals surface area contributed by atoms with Crippen molar-refractivity contribution in [1.29, 1.82) is 5.26 Å². The summed E-state index contributed by atoms with van der Waals surface area (Å²) in [5.41, 5.74) is 0.159. The van der Waals surface area contributed by atoms with Crippen molar-refractivity contribution in [1.82, 2.24) is 0 Å². The van der Waals surface area contributed by atoms with E-state index in [2.05, 4.69) is 0 Å². The molecule has 6 heteroatoms. The Morgan fingerprint density at radius 3 is 2.55 bits per heavy atom. The first-order valence-electron chi connectivity index (χ1n) is 2.47. The number of rotatable bonds is 1. The average molecular weight is 191 g/mol. The number of halogens is 1. The fourth-order valence-electron chi connectivity index (χ4n) is 0.503. The highest BCUT2D eigenvalue weighted by molar-refractivity contribution is 7.88. The van der Waals surface area contributed by atoms with Gasteiger partial charge < -0.3 is 0 Å². The van der Waals surface area contributed by atoms with Crippen LogP contribution in [0.5, 0.6) is 0 Å². The third-order valence-electron chi connectivity index (χ3n) is 0.945. The first-order chi connectivity index (χ1) is 5.04. The molecule has 0 saturated heterocycles. The van der Waals surface area contributed by atoms with E-state index in [1.165, 1.54) is 5.38 Å². The molecule has 1 rings (SSSR count). The summed E-state index contributed by atoms with van der Waals surface area (Å²) in [6, 6.07) is 2.70. The molecule has 0 N–H and O–H groups in total. The van der Waals surface area contributed by atoms with Crippen LogP contribution in [0.15, 0.2) is 15.7 Å². The van der Waals surface area contributed by atoms with E-state index in [0.717, 1.165) is 6.07 Å². The van der Waals surface area contributed by atoms with E-state index < -0.39 is 14.4 Å². The lowest BCUT2D eigenvalue weighted by molar-refractivity contribution is 0.554. The highest BCUT2D eigenvalue weighted by Gasteiger charge is 2.14. The molecule has 0 aromatic carbocycles.